The second-order valence-corrected chi connectivity index (χ2v) is 7.55. The highest BCUT2D eigenvalue weighted by molar-refractivity contribution is 9.10. The average Bonchev–Trinajstić information content (AvgIpc) is 3.29. The molecule has 0 aliphatic heterocycles. The third kappa shape index (κ3) is 2.98. The number of fused-ring (bicyclic) bond motifs is 1. The van der Waals surface area contributed by atoms with Gasteiger partial charge in [0, 0.05) is 21.3 Å². The largest absolute Gasteiger partial charge is 0.335 e. The van der Waals surface area contributed by atoms with Crippen molar-refractivity contribution < 1.29 is 4.79 Å². The number of nitrogens with two attached hydrogens (primary N) is 1. The van der Waals surface area contributed by atoms with Gasteiger partial charge in [0.05, 0.1) is 5.75 Å². The monoisotopic (exact) mass is 418 g/mol. The van der Waals surface area contributed by atoms with Gasteiger partial charge < -0.3 is 5.84 Å². The standard InChI is InChI=1S/C16H15BrN6OS/c17-11-6-2-1-4-9(11)13(24)8-25-16-22-21-15(23(16)18)14-10-5-3-7-12(10)19-20-14/h1-2,4,6H,3,5,7-8,18H2,(H,19,20). The van der Waals surface area contributed by atoms with Gasteiger partial charge in [0.15, 0.2) is 5.78 Å². The van der Waals surface area contributed by atoms with E-state index in [9.17, 15) is 4.79 Å². The van der Waals surface area contributed by atoms with Gasteiger partial charge in [-0.1, -0.05) is 45.9 Å². The van der Waals surface area contributed by atoms with Crippen molar-refractivity contribution in [3.63, 3.8) is 0 Å². The number of thioether (sulfide) groups is 1. The fourth-order valence-corrected chi connectivity index (χ4v) is 4.18. The first-order valence-electron chi connectivity index (χ1n) is 7.82. The predicted octanol–water partition coefficient (Wildman–Crippen LogP) is 2.61. The van der Waals surface area contributed by atoms with E-state index in [0.717, 1.165) is 35.1 Å². The molecule has 0 saturated heterocycles. The maximum absolute atomic E-state index is 12.4. The number of benzene rings is 1. The van der Waals surface area contributed by atoms with Crippen LogP contribution in [0.25, 0.3) is 11.5 Å². The third-order valence-electron chi connectivity index (χ3n) is 4.19. The molecule has 0 saturated carbocycles. The fraction of sp³-hybridized carbons (Fsp3) is 0.250. The van der Waals surface area contributed by atoms with Crippen LogP contribution in [0.5, 0.6) is 0 Å². The van der Waals surface area contributed by atoms with Gasteiger partial charge in [0.25, 0.3) is 0 Å². The minimum atomic E-state index is 0.00249. The van der Waals surface area contributed by atoms with Gasteiger partial charge in [-0.3, -0.25) is 9.89 Å². The molecule has 0 bridgehead atoms. The molecule has 0 amide bonds. The van der Waals surface area contributed by atoms with Gasteiger partial charge in [-0.2, -0.15) is 5.10 Å². The van der Waals surface area contributed by atoms with Crippen LogP contribution in [-0.2, 0) is 12.8 Å². The summed E-state index contributed by atoms with van der Waals surface area (Å²) >= 11 is 4.66. The lowest BCUT2D eigenvalue weighted by Gasteiger charge is -2.04. The molecule has 3 aromatic rings. The number of halogens is 1. The van der Waals surface area contributed by atoms with E-state index in [4.69, 9.17) is 5.84 Å². The molecule has 2 aromatic heterocycles. The number of hydrogen-bond donors (Lipinski definition) is 2. The molecule has 0 radical (unpaired) electrons. The van der Waals surface area contributed by atoms with Crippen molar-refractivity contribution in [2.24, 2.45) is 0 Å². The molecule has 0 atom stereocenters. The Labute approximate surface area is 156 Å². The summed E-state index contributed by atoms with van der Waals surface area (Å²) in [4.78, 5) is 12.4. The smallest absolute Gasteiger partial charge is 0.210 e. The Morgan fingerprint density at radius 2 is 2.16 bits per heavy atom. The van der Waals surface area contributed by atoms with Crippen LogP contribution >= 0.6 is 27.7 Å². The molecule has 1 aliphatic carbocycles. The third-order valence-corrected chi connectivity index (χ3v) is 5.82. The summed E-state index contributed by atoms with van der Waals surface area (Å²) < 4.78 is 2.19. The normalized spacial score (nSPS) is 13.2. The molecule has 0 spiro atoms. The van der Waals surface area contributed by atoms with Crippen molar-refractivity contribution in [3.05, 3.63) is 45.6 Å². The maximum atomic E-state index is 12.4. The van der Waals surface area contributed by atoms with Crippen molar-refractivity contribution >= 4 is 33.5 Å². The van der Waals surface area contributed by atoms with Gasteiger partial charge >= 0.3 is 0 Å². The predicted molar refractivity (Wildman–Crippen MR) is 99.0 cm³/mol. The number of carbonyl (C=O) groups excluding carboxylic acids is 1. The van der Waals surface area contributed by atoms with Crippen molar-refractivity contribution in [2.45, 2.75) is 24.4 Å². The van der Waals surface area contributed by atoms with Crippen LogP contribution in [0, 0.1) is 0 Å². The van der Waals surface area contributed by atoms with E-state index in [1.165, 1.54) is 22.0 Å². The van der Waals surface area contributed by atoms with Crippen molar-refractivity contribution in [1.29, 1.82) is 0 Å². The van der Waals surface area contributed by atoms with Gasteiger partial charge in [-0.25, -0.2) is 4.68 Å². The quantitative estimate of drug-likeness (QED) is 0.375. The number of H-pyrrole nitrogens is 1. The second kappa shape index (κ2) is 6.64. The minimum Gasteiger partial charge on any atom is -0.335 e. The number of aromatic nitrogens is 5. The maximum Gasteiger partial charge on any atom is 0.210 e. The van der Waals surface area contributed by atoms with E-state index in [2.05, 4.69) is 36.3 Å². The number of aryl methyl sites for hydroxylation is 1. The highest BCUT2D eigenvalue weighted by atomic mass is 79.9. The first kappa shape index (κ1) is 16.3. The van der Waals surface area contributed by atoms with Crippen molar-refractivity contribution in [1.82, 2.24) is 25.1 Å². The summed E-state index contributed by atoms with van der Waals surface area (Å²) in [5.41, 5.74) is 3.71. The summed E-state index contributed by atoms with van der Waals surface area (Å²) in [6, 6.07) is 7.35. The molecule has 7 nitrogen and oxygen atoms in total. The Hall–Kier alpha value is -2.13. The van der Waals surface area contributed by atoms with E-state index >= 15 is 0 Å². The molecule has 0 unspecified atom stereocenters. The summed E-state index contributed by atoms with van der Waals surface area (Å²) in [6.45, 7) is 0. The van der Waals surface area contributed by atoms with Crippen LogP contribution in [0.3, 0.4) is 0 Å². The lowest BCUT2D eigenvalue weighted by molar-refractivity contribution is 0.102. The zero-order chi connectivity index (χ0) is 17.4. The second-order valence-electron chi connectivity index (χ2n) is 5.75. The SMILES string of the molecule is Nn1c(SCC(=O)c2ccccc2Br)nnc1-c1n[nH]c2c1CCC2. The van der Waals surface area contributed by atoms with E-state index in [1.54, 1.807) is 6.07 Å². The molecule has 128 valence electrons. The number of aromatic amines is 1. The number of Topliss-reactive ketones (excluding diaryl/α,β-unsaturated/α-hetero) is 1. The number of nitrogen functional groups attached to an aromatic ring is 1. The Morgan fingerprint density at radius 1 is 1.32 bits per heavy atom. The molecule has 0 fully saturated rings. The highest BCUT2D eigenvalue weighted by Gasteiger charge is 2.24. The molecule has 3 N–H and O–H groups in total. The Balaban J connectivity index is 1.52. The minimum absolute atomic E-state index is 0.00249. The van der Waals surface area contributed by atoms with Crippen molar-refractivity contribution in [3.8, 4) is 11.5 Å². The first-order valence-corrected chi connectivity index (χ1v) is 9.60. The number of carbonyl (C=O) groups is 1. The molecule has 1 aliphatic rings. The fourth-order valence-electron chi connectivity index (χ4n) is 2.94. The Morgan fingerprint density at radius 3 is 3.00 bits per heavy atom. The van der Waals surface area contributed by atoms with Gasteiger partial charge in [-0.15, -0.1) is 10.2 Å². The molecular weight excluding hydrogens is 404 g/mol. The molecule has 9 heteroatoms. The zero-order valence-electron chi connectivity index (χ0n) is 13.2. The van der Waals surface area contributed by atoms with E-state index in [-0.39, 0.29) is 11.5 Å². The lowest BCUT2D eigenvalue weighted by atomic mass is 10.1. The summed E-state index contributed by atoms with van der Waals surface area (Å²) in [6.07, 6.45) is 3.08. The molecule has 4 rings (SSSR count). The van der Waals surface area contributed by atoms with Crippen LogP contribution in [-0.4, -0.2) is 36.6 Å². The average molecular weight is 419 g/mol. The highest BCUT2D eigenvalue weighted by Crippen LogP contribution is 2.30. The Bertz CT molecular complexity index is 950. The topological polar surface area (TPSA) is 102 Å². The number of rotatable bonds is 5. The van der Waals surface area contributed by atoms with Gasteiger partial charge in [0.2, 0.25) is 11.0 Å². The van der Waals surface area contributed by atoms with Crippen LogP contribution in [0.4, 0.5) is 0 Å². The molecule has 2 heterocycles. The molecule has 25 heavy (non-hydrogen) atoms. The van der Waals surface area contributed by atoms with Gasteiger partial charge in [0.1, 0.15) is 5.69 Å². The first-order chi connectivity index (χ1) is 12.1. The summed E-state index contributed by atoms with van der Waals surface area (Å²) in [7, 11) is 0. The lowest BCUT2D eigenvalue weighted by Crippen LogP contribution is -2.13. The van der Waals surface area contributed by atoms with Crippen molar-refractivity contribution in [2.75, 3.05) is 11.6 Å². The summed E-state index contributed by atoms with van der Waals surface area (Å²) in [5.74, 6) is 6.90. The Kier molecular flexibility index (Phi) is 4.34. The number of ketones is 1. The number of nitrogens with one attached hydrogen (secondary N) is 1. The zero-order valence-corrected chi connectivity index (χ0v) is 15.6. The van der Waals surface area contributed by atoms with E-state index < -0.39 is 0 Å². The molecule has 1 aromatic carbocycles. The summed E-state index contributed by atoms with van der Waals surface area (Å²) in [5, 5.41) is 16.1. The van der Waals surface area contributed by atoms with Crippen LogP contribution < -0.4 is 5.84 Å². The number of nitrogens with zero attached hydrogens (tertiary/aromatic N) is 4. The van der Waals surface area contributed by atoms with Gasteiger partial charge in [-0.05, 0) is 25.3 Å². The number of hydrogen-bond acceptors (Lipinski definition) is 6. The van der Waals surface area contributed by atoms with E-state index in [0.29, 0.717) is 16.5 Å². The van der Waals surface area contributed by atoms with Crippen LogP contribution in [0.1, 0.15) is 28.0 Å². The van der Waals surface area contributed by atoms with Crippen LogP contribution in [0.15, 0.2) is 33.9 Å². The van der Waals surface area contributed by atoms with Crippen LogP contribution in [0.2, 0.25) is 0 Å². The molecular formula is C16H15BrN6OS. The van der Waals surface area contributed by atoms with E-state index in [1.807, 2.05) is 18.2 Å².